The van der Waals surface area contributed by atoms with Crippen molar-refractivity contribution in [1.29, 1.82) is 0 Å². The Morgan fingerprint density at radius 1 is 1.38 bits per heavy atom. The number of hydrogen-bond acceptors (Lipinski definition) is 3. The summed E-state index contributed by atoms with van der Waals surface area (Å²) in [5, 5.41) is 0. The first-order valence-electron chi connectivity index (χ1n) is 4.82. The maximum Gasteiger partial charge on any atom is 0.240 e. The molecule has 0 radical (unpaired) electrons. The van der Waals surface area contributed by atoms with Crippen LogP contribution in [-0.2, 0) is 16.4 Å². The molecule has 0 bridgehead atoms. The van der Waals surface area contributed by atoms with Gasteiger partial charge in [0.2, 0.25) is 10.0 Å². The number of sulfonamides is 1. The first-order valence-corrected chi connectivity index (χ1v) is 6.71. The Morgan fingerprint density at radius 2 is 1.94 bits per heavy atom. The average molecular weight is 258 g/mol. The Bertz CT molecular complexity index is 466. The molecule has 16 heavy (non-hydrogen) atoms. The van der Waals surface area contributed by atoms with Gasteiger partial charge in [0, 0.05) is 0 Å². The molecule has 0 fully saturated rings. The molecule has 0 spiro atoms. The second-order valence-corrected chi connectivity index (χ2v) is 5.58. The molecule has 1 aromatic carbocycles. The van der Waals surface area contributed by atoms with Gasteiger partial charge in [-0.2, -0.15) is 0 Å². The fourth-order valence-electron chi connectivity index (χ4n) is 1.15. The number of rotatable bonds is 5. The quantitative estimate of drug-likeness (QED) is 0.767. The van der Waals surface area contributed by atoms with E-state index in [0.717, 1.165) is 12.0 Å². The van der Waals surface area contributed by atoms with E-state index in [1.54, 1.807) is 24.3 Å². The molecule has 0 amide bonds. The lowest BCUT2D eigenvalue weighted by atomic mass is 10.2. The van der Waals surface area contributed by atoms with Crippen LogP contribution >= 0.6 is 12.2 Å². The fourth-order valence-corrected chi connectivity index (χ4v) is 2.32. The molecular weight excluding hydrogens is 244 g/mol. The highest BCUT2D eigenvalue weighted by molar-refractivity contribution is 7.89. The zero-order valence-electron chi connectivity index (χ0n) is 8.93. The number of benzene rings is 1. The minimum atomic E-state index is -3.50. The smallest absolute Gasteiger partial charge is 0.240 e. The lowest BCUT2D eigenvalue weighted by Crippen LogP contribution is -2.32. The van der Waals surface area contributed by atoms with E-state index in [1.807, 2.05) is 6.92 Å². The van der Waals surface area contributed by atoms with Gasteiger partial charge < -0.3 is 5.73 Å². The van der Waals surface area contributed by atoms with Crippen LogP contribution in [0.1, 0.15) is 12.5 Å². The van der Waals surface area contributed by atoms with E-state index >= 15 is 0 Å². The monoisotopic (exact) mass is 258 g/mol. The van der Waals surface area contributed by atoms with Gasteiger partial charge in [-0.1, -0.05) is 31.3 Å². The number of nitrogens with two attached hydrogens (primary N) is 1. The molecule has 0 aliphatic carbocycles. The van der Waals surface area contributed by atoms with Crippen molar-refractivity contribution in [2.24, 2.45) is 5.73 Å². The summed E-state index contributed by atoms with van der Waals surface area (Å²) in [6.07, 6.45) is 0.876. The molecule has 0 aliphatic heterocycles. The second kappa shape index (κ2) is 5.38. The molecule has 0 heterocycles. The third kappa shape index (κ3) is 3.55. The number of thiocarbonyl (C=S) groups is 1. The first kappa shape index (κ1) is 13.1. The van der Waals surface area contributed by atoms with Crippen LogP contribution in [-0.4, -0.2) is 20.0 Å². The van der Waals surface area contributed by atoms with E-state index in [-0.39, 0.29) is 16.4 Å². The summed E-state index contributed by atoms with van der Waals surface area (Å²) in [5.41, 5.74) is 6.32. The van der Waals surface area contributed by atoms with E-state index in [4.69, 9.17) is 5.73 Å². The molecule has 6 heteroatoms. The lowest BCUT2D eigenvalue weighted by molar-refractivity contribution is 0.586. The van der Waals surface area contributed by atoms with Crippen LogP contribution in [0.3, 0.4) is 0 Å². The van der Waals surface area contributed by atoms with Crippen LogP contribution in [0, 0.1) is 0 Å². The zero-order valence-corrected chi connectivity index (χ0v) is 10.6. The van der Waals surface area contributed by atoms with Crippen molar-refractivity contribution in [2.75, 3.05) is 6.54 Å². The standard InChI is InChI=1S/C10H14N2O2S2/c1-2-8-3-5-9(6-4-8)16(13,14)12-7-10(11)15/h3-6,12H,2,7H2,1H3,(H2,11,15). The first-order chi connectivity index (χ1) is 7.45. The summed E-state index contributed by atoms with van der Waals surface area (Å²) >= 11 is 4.60. The Kier molecular flexibility index (Phi) is 4.40. The molecule has 0 atom stereocenters. The lowest BCUT2D eigenvalue weighted by Gasteiger charge is -2.06. The SMILES string of the molecule is CCc1ccc(S(=O)(=O)NCC(N)=S)cc1. The van der Waals surface area contributed by atoms with Crippen molar-refractivity contribution < 1.29 is 8.42 Å². The number of hydrogen-bond donors (Lipinski definition) is 2. The van der Waals surface area contributed by atoms with Crippen LogP contribution in [0.15, 0.2) is 29.2 Å². The van der Waals surface area contributed by atoms with E-state index in [2.05, 4.69) is 16.9 Å². The minimum Gasteiger partial charge on any atom is -0.392 e. The van der Waals surface area contributed by atoms with Crippen molar-refractivity contribution in [3.63, 3.8) is 0 Å². The molecule has 1 aromatic rings. The molecule has 0 saturated carbocycles. The fraction of sp³-hybridized carbons (Fsp3) is 0.300. The van der Waals surface area contributed by atoms with Gasteiger partial charge in [-0.05, 0) is 24.1 Å². The summed E-state index contributed by atoms with van der Waals surface area (Å²) in [6, 6.07) is 6.71. The van der Waals surface area contributed by atoms with Gasteiger partial charge in [0.25, 0.3) is 0 Å². The highest BCUT2D eigenvalue weighted by atomic mass is 32.2. The summed E-state index contributed by atoms with van der Waals surface area (Å²) in [6.45, 7) is 1.99. The predicted molar refractivity (Wildman–Crippen MR) is 67.8 cm³/mol. The molecule has 3 N–H and O–H groups in total. The Labute approximate surface area is 101 Å². The summed E-state index contributed by atoms with van der Waals surface area (Å²) in [7, 11) is -3.50. The molecule has 0 saturated heterocycles. The molecular formula is C10H14N2O2S2. The molecule has 0 unspecified atom stereocenters. The van der Waals surface area contributed by atoms with Crippen LogP contribution in [0.2, 0.25) is 0 Å². The number of aryl methyl sites for hydroxylation is 1. The van der Waals surface area contributed by atoms with E-state index < -0.39 is 10.0 Å². The molecule has 0 aromatic heterocycles. The summed E-state index contributed by atoms with van der Waals surface area (Å²) in [4.78, 5) is 0.342. The predicted octanol–water partition coefficient (Wildman–Crippen LogP) is 0.813. The largest absolute Gasteiger partial charge is 0.392 e. The van der Waals surface area contributed by atoms with Crippen molar-refractivity contribution in [1.82, 2.24) is 4.72 Å². The van der Waals surface area contributed by atoms with Gasteiger partial charge in [-0.25, -0.2) is 13.1 Å². The van der Waals surface area contributed by atoms with Gasteiger partial charge in [-0.15, -0.1) is 0 Å². The van der Waals surface area contributed by atoms with Crippen molar-refractivity contribution >= 4 is 27.2 Å². The van der Waals surface area contributed by atoms with Gasteiger partial charge in [0.15, 0.2) is 0 Å². The third-order valence-corrected chi connectivity index (χ3v) is 3.64. The van der Waals surface area contributed by atoms with Gasteiger partial charge in [0.05, 0.1) is 16.4 Å². The van der Waals surface area contributed by atoms with E-state index in [9.17, 15) is 8.42 Å². The van der Waals surface area contributed by atoms with E-state index in [1.165, 1.54) is 0 Å². The summed E-state index contributed by atoms with van der Waals surface area (Å²) < 4.78 is 25.7. The summed E-state index contributed by atoms with van der Waals surface area (Å²) in [5.74, 6) is 0. The Hall–Kier alpha value is -0.980. The van der Waals surface area contributed by atoms with Gasteiger partial charge in [-0.3, -0.25) is 0 Å². The highest BCUT2D eigenvalue weighted by Gasteiger charge is 2.13. The maximum atomic E-state index is 11.7. The zero-order chi connectivity index (χ0) is 12.2. The molecule has 4 nitrogen and oxygen atoms in total. The Balaban J connectivity index is 2.85. The van der Waals surface area contributed by atoms with Crippen LogP contribution in [0.4, 0.5) is 0 Å². The third-order valence-electron chi connectivity index (χ3n) is 2.08. The van der Waals surface area contributed by atoms with E-state index in [0.29, 0.717) is 0 Å². The van der Waals surface area contributed by atoms with Crippen LogP contribution in [0.25, 0.3) is 0 Å². The normalized spacial score (nSPS) is 11.3. The van der Waals surface area contributed by atoms with Gasteiger partial charge >= 0.3 is 0 Å². The van der Waals surface area contributed by atoms with Crippen molar-refractivity contribution in [2.45, 2.75) is 18.2 Å². The minimum absolute atomic E-state index is 0.0206. The van der Waals surface area contributed by atoms with Crippen molar-refractivity contribution in [3.05, 3.63) is 29.8 Å². The van der Waals surface area contributed by atoms with Crippen LogP contribution in [0.5, 0.6) is 0 Å². The molecule has 88 valence electrons. The van der Waals surface area contributed by atoms with Crippen molar-refractivity contribution in [3.8, 4) is 0 Å². The average Bonchev–Trinajstić information content (AvgIpc) is 2.27. The van der Waals surface area contributed by atoms with Crippen LogP contribution < -0.4 is 10.5 Å². The Morgan fingerprint density at radius 3 is 2.38 bits per heavy atom. The molecule has 0 aliphatic rings. The molecule has 1 rings (SSSR count). The topological polar surface area (TPSA) is 72.2 Å². The van der Waals surface area contributed by atoms with Gasteiger partial charge in [0.1, 0.15) is 0 Å². The number of nitrogens with one attached hydrogen (secondary N) is 1. The maximum absolute atomic E-state index is 11.7. The highest BCUT2D eigenvalue weighted by Crippen LogP contribution is 2.10. The second-order valence-electron chi connectivity index (χ2n) is 3.29.